The molecule has 0 aliphatic carbocycles. The summed E-state index contributed by atoms with van der Waals surface area (Å²) < 4.78 is 1.73. The maximum atomic E-state index is 13.0. The van der Waals surface area contributed by atoms with E-state index in [-0.39, 0.29) is 11.9 Å². The second-order valence-corrected chi connectivity index (χ2v) is 7.72. The Bertz CT molecular complexity index is 934. The van der Waals surface area contributed by atoms with Gasteiger partial charge in [-0.2, -0.15) is 0 Å². The molecule has 28 heavy (non-hydrogen) atoms. The van der Waals surface area contributed by atoms with Crippen molar-refractivity contribution in [1.29, 1.82) is 0 Å². The highest BCUT2D eigenvalue weighted by Gasteiger charge is 2.25. The standard InChI is InChI=1S/C21H25N5OS/c1-4-18(19(27)23-17-11-14(2)10-15(3)12-17)26-20(22)24-25-21(26)28-13-16-8-6-5-7-9-16/h5-12,18H,4,13H2,1-3H3,(H2,22,24)(H,23,27). The minimum absolute atomic E-state index is 0.124. The molecule has 1 unspecified atom stereocenters. The summed E-state index contributed by atoms with van der Waals surface area (Å²) in [6, 6.07) is 15.6. The number of thioether (sulfide) groups is 1. The van der Waals surface area contributed by atoms with Gasteiger partial charge in [-0.05, 0) is 49.1 Å². The number of amides is 1. The Balaban J connectivity index is 1.79. The van der Waals surface area contributed by atoms with Crippen LogP contribution in [-0.4, -0.2) is 20.7 Å². The van der Waals surface area contributed by atoms with Crippen molar-refractivity contribution in [2.24, 2.45) is 0 Å². The number of benzene rings is 2. The fourth-order valence-electron chi connectivity index (χ4n) is 3.16. The molecule has 0 radical (unpaired) electrons. The molecule has 0 bridgehead atoms. The smallest absolute Gasteiger partial charge is 0.247 e. The summed E-state index contributed by atoms with van der Waals surface area (Å²) in [5.74, 6) is 0.854. The van der Waals surface area contributed by atoms with Crippen LogP contribution in [0.2, 0.25) is 0 Å². The summed E-state index contributed by atoms with van der Waals surface area (Å²) in [6.45, 7) is 5.98. The van der Waals surface area contributed by atoms with Crippen LogP contribution >= 0.6 is 11.8 Å². The summed E-state index contributed by atoms with van der Waals surface area (Å²) in [6.07, 6.45) is 0.581. The lowest BCUT2D eigenvalue weighted by Gasteiger charge is -2.19. The first-order chi connectivity index (χ1) is 13.5. The predicted octanol–water partition coefficient (Wildman–Crippen LogP) is 4.36. The fraction of sp³-hybridized carbons (Fsp3) is 0.286. The molecule has 3 aromatic rings. The topological polar surface area (TPSA) is 85.8 Å². The highest BCUT2D eigenvalue weighted by Crippen LogP contribution is 2.28. The number of hydrogen-bond acceptors (Lipinski definition) is 5. The van der Waals surface area contributed by atoms with Gasteiger partial charge in [-0.1, -0.05) is 55.1 Å². The van der Waals surface area contributed by atoms with E-state index in [1.54, 1.807) is 4.57 Å². The van der Waals surface area contributed by atoms with Crippen LogP contribution < -0.4 is 11.1 Å². The van der Waals surface area contributed by atoms with E-state index in [9.17, 15) is 4.79 Å². The van der Waals surface area contributed by atoms with Gasteiger partial charge in [-0.15, -0.1) is 10.2 Å². The van der Waals surface area contributed by atoms with E-state index < -0.39 is 6.04 Å². The van der Waals surface area contributed by atoms with Crippen LogP contribution in [0.15, 0.2) is 53.7 Å². The third-order valence-corrected chi connectivity index (χ3v) is 5.41. The van der Waals surface area contributed by atoms with Crippen molar-refractivity contribution in [1.82, 2.24) is 14.8 Å². The van der Waals surface area contributed by atoms with Gasteiger partial charge in [0.05, 0.1) is 0 Å². The van der Waals surface area contributed by atoms with Gasteiger partial charge in [0.2, 0.25) is 11.9 Å². The molecule has 0 saturated heterocycles. The van der Waals surface area contributed by atoms with Crippen LogP contribution in [-0.2, 0) is 10.5 Å². The van der Waals surface area contributed by atoms with Crippen molar-refractivity contribution in [2.45, 2.75) is 44.1 Å². The van der Waals surface area contributed by atoms with E-state index in [2.05, 4.69) is 33.7 Å². The van der Waals surface area contributed by atoms with Gasteiger partial charge in [0.15, 0.2) is 5.16 Å². The Morgan fingerprint density at radius 3 is 2.46 bits per heavy atom. The lowest BCUT2D eigenvalue weighted by Crippen LogP contribution is -2.27. The first-order valence-electron chi connectivity index (χ1n) is 9.24. The Morgan fingerprint density at radius 2 is 1.82 bits per heavy atom. The van der Waals surface area contributed by atoms with Crippen molar-refractivity contribution < 1.29 is 4.79 Å². The molecule has 0 saturated carbocycles. The zero-order valence-electron chi connectivity index (χ0n) is 16.3. The molecule has 2 aromatic carbocycles. The largest absolute Gasteiger partial charge is 0.368 e. The van der Waals surface area contributed by atoms with E-state index >= 15 is 0 Å². The minimum atomic E-state index is -0.478. The molecule has 0 aliphatic rings. The van der Waals surface area contributed by atoms with Gasteiger partial charge < -0.3 is 11.1 Å². The average molecular weight is 396 g/mol. The lowest BCUT2D eigenvalue weighted by molar-refractivity contribution is -0.119. The summed E-state index contributed by atoms with van der Waals surface area (Å²) in [4.78, 5) is 13.0. The molecule has 1 amide bonds. The number of carbonyl (C=O) groups excluding carboxylic acids is 1. The maximum Gasteiger partial charge on any atom is 0.247 e. The van der Waals surface area contributed by atoms with Crippen molar-refractivity contribution >= 4 is 29.3 Å². The molecule has 1 heterocycles. The molecule has 3 N–H and O–H groups in total. The van der Waals surface area contributed by atoms with Gasteiger partial charge in [0.1, 0.15) is 6.04 Å². The monoisotopic (exact) mass is 395 g/mol. The van der Waals surface area contributed by atoms with Crippen molar-refractivity contribution in [3.8, 4) is 0 Å². The van der Waals surface area contributed by atoms with Gasteiger partial charge >= 0.3 is 0 Å². The third kappa shape index (κ3) is 4.72. The van der Waals surface area contributed by atoms with Gasteiger partial charge in [-0.3, -0.25) is 9.36 Å². The quantitative estimate of drug-likeness (QED) is 0.581. The highest BCUT2D eigenvalue weighted by molar-refractivity contribution is 7.98. The first kappa shape index (κ1) is 19.9. The van der Waals surface area contributed by atoms with Crippen LogP contribution in [0.25, 0.3) is 0 Å². The number of aromatic nitrogens is 3. The molecule has 146 valence electrons. The molecule has 1 atom stereocenters. The second kappa shape index (κ2) is 8.93. The van der Waals surface area contributed by atoms with E-state index in [0.717, 1.165) is 22.6 Å². The number of hydrogen-bond donors (Lipinski definition) is 2. The predicted molar refractivity (Wildman–Crippen MR) is 114 cm³/mol. The van der Waals surface area contributed by atoms with Crippen molar-refractivity contribution in [3.63, 3.8) is 0 Å². The molecule has 6 nitrogen and oxygen atoms in total. The van der Waals surface area contributed by atoms with Gasteiger partial charge in [0, 0.05) is 11.4 Å². The lowest BCUT2D eigenvalue weighted by atomic mass is 10.1. The normalized spacial score (nSPS) is 12.0. The Kier molecular flexibility index (Phi) is 6.36. The number of nitrogen functional groups attached to an aromatic ring is 1. The van der Waals surface area contributed by atoms with Crippen molar-refractivity contribution in [2.75, 3.05) is 11.1 Å². The molecule has 0 spiro atoms. The zero-order valence-corrected chi connectivity index (χ0v) is 17.2. The van der Waals surface area contributed by atoms with Crippen LogP contribution in [0.5, 0.6) is 0 Å². The van der Waals surface area contributed by atoms with Crippen molar-refractivity contribution in [3.05, 3.63) is 65.2 Å². The van der Waals surface area contributed by atoms with Crippen LogP contribution in [0.3, 0.4) is 0 Å². The van der Waals surface area contributed by atoms with E-state index in [1.165, 1.54) is 17.3 Å². The Hall–Kier alpha value is -2.80. The van der Waals surface area contributed by atoms with Gasteiger partial charge in [-0.25, -0.2) is 0 Å². The molecular weight excluding hydrogens is 370 g/mol. The summed E-state index contributed by atoms with van der Waals surface area (Å²) >= 11 is 1.52. The highest BCUT2D eigenvalue weighted by atomic mass is 32.2. The molecule has 0 aliphatic heterocycles. The zero-order chi connectivity index (χ0) is 20.1. The number of aryl methyl sites for hydroxylation is 2. The molecule has 3 rings (SSSR count). The minimum Gasteiger partial charge on any atom is -0.368 e. The number of nitrogens with two attached hydrogens (primary N) is 1. The Morgan fingerprint density at radius 1 is 1.14 bits per heavy atom. The third-order valence-electron chi connectivity index (χ3n) is 4.39. The number of carbonyl (C=O) groups is 1. The molecule has 0 fully saturated rings. The Labute approximate surface area is 169 Å². The summed E-state index contributed by atoms with van der Waals surface area (Å²) in [5.41, 5.74) is 10.2. The summed E-state index contributed by atoms with van der Waals surface area (Å²) in [5, 5.41) is 11.8. The van der Waals surface area contributed by atoms with Crippen LogP contribution in [0.1, 0.15) is 36.1 Å². The average Bonchev–Trinajstić information content (AvgIpc) is 3.01. The summed E-state index contributed by atoms with van der Waals surface area (Å²) in [7, 11) is 0. The number of rotatable bonds is 7. The second-order valence-electron chi connectivity index (χ2n) is 6.77. The molecule has 1 aromatic heterocycles. The van der Waals surface area contributed by atoms with Crippen LogP contribution in [0.4, 0.5) is 11.6 Å². The first-order valence-corrected chi connectivity index (χ1v) is 10.2. The van der Waals surface area contributed by atoms with Gasteiger partial charge in [0.25, 0.3) is 0 Å². The maximum absolute atomic E-state index is 13.0. The van der Waals surface area contributed by atoms with Crippen LogP contribution in [0, 0.1) is 13.8 Å². The SMILES string of the molecule is CCC(C(=O)Nc1cc(C)cc(C)c1)n1c(N)nnc1SCc1ccccc1. The fourth-order valence-corrected chi connectivity index (χ4v) is 4.11. The number of nitrogens with zero attached hydrogens (tertiary/aromatic N) is 3. The van der Waals surface area contributed by atoms with E-state index in [1.807, 2.05) is 51.1 Å². The molecule has 7 heteroatoms. The van der Waals surface area contributed by atoms with E-state index in [0.29, 0.717) is 11.6 Å². The number of nitrogens with one attached hydrogen (secondary N) is 1. The van der Waals surface area contributed by atoms with E-state index in [4.69, 9.17) is 5.73 Å². The number of anilines is 2. The molecular formula is C21H25N5OS.